The van der Waals surface area contributed by atoms with Crippen LogP contribution in [0.5, 0.6) is 0 Å². The summed E-state index contributed by atoms with van der Waals surface area (Å²) < 4.78 is 0. The van der Waals surface area contributed by atoms with Crippen molar-refractivity contribution in [2.45, 2.75) is 72.4 Å². The molecule has 0 amide bonds. The first-order valence-electron chi connectivity index (χ1n) is 7.09. The Hall–Kier alpha value is -0.0800. The molecule has 0 bridgehead atoms. The highest BCUT2D eigenvalue weighted by Crippen LogP contribution is 2.08. The van der Waals surface area contributed by atoms with Crippen LogP contribution in [-0.2, 0) is 0 Å². The first-order chi connectivity index (χ1) is 7.63. The molecule has 1 N–H and O–H groups in total. The number of rotatable bonds is 10. The maximum atomic E-state index is 3.52. The normalized spacial score (nSPS) is 13.7. The Bertz CT molecular complexity index is 146. The van der Waals surface area contributed by atoms with Crippen LogP contribution in [0.1, 0.15) is 60.3 Å². The summed E-state index contributed by atoms with van der Waals surface area (Å²) in [5.41, 5.74) is 0. The van der Waals surface area contributed by atoms with Gasteiger partial charge in [0, 0.05) is 18.6 Å². The average molecular weight is 228 g/mol. The second-order valence-electron chi connectivity index (χ2n) is 5.09. The lowest BCUT2D eigenvalue weighted by Gasteiger charge is -2.33. The molecule has 0 aromatic rings. The van der Waals surface area contributed by atoms with E-state index in [9.17, 15) is 0 Å². The number of nitrogens with one attached hydrogen (secondary N) is 1. The fourth-order valence-corrected chi connectivity index (χ4v) is 2.14. The highest BCUT2D eigenvalue weighted by Gasteiger charge is 2.15. The molecule has 0 fully saturated rings. The number of hydrogen-bond acceptors (Lipinski definition) is 2. The quantitative estimate of drug-likeness (QED) is 0.577. The van der Waals surface area contributed by atoms with Gasteiger partial charge in [-0.3, -0.25) is 4.90 Å². The van der Waals surface area contributed by atoms with E-state index in [2.05, 4.69) is 44.8 Å². The zero-order valence-corrected chi connectivity index (χ0v) is 12.1. The Labute approximate surface area is 103 Å². The van der Waals surface area contributed by atoms with Gasteiger partial charge in [-0.2, -0.15) is 0 Å². The average Bonchev–Trinajstić information content (AvgIpc) is 2.24. The van der Waals surface area contributed by atoms with Crippen LogP contribution >= 0.6 is 0 Å². The maximum absolute atomic E-state index is 3.52. The Balaban J connectivity index is 3.88. The van der Waals surface area contributed by atoms with E-state index in [1.54, 1.807) is 0 Å². The Kier molecular flexibility index (Phi) is 10.0. The second kappa shape index (κ2) is 10.1. The van der Waals surface area contributed by atoms with Crippen molar-refractivity contribution in [2.75, 3.05) is 19.6 Å². The number of unbranched alkanes of at least 4 members (excludes halogenated alkanes) is 2. The van der Waals surface area contributed by atoms with E-state index < -0.39 is 0 Å². The Morgan fingerprint density at radius 2 is 1.69 bits per heavy atom. The van der Waals surface area contributed by atoms with Crippen molar-refractivity contribution in [3.63, 3.8) is 0 Å². The highest BCUT2D eigenvalue weighted by atomic mass is 15.2. The van der Waals surface area contributed by atoms with Crippen molar-refractivity contribution in [3.05, 3.63) is 0 Å². The van der Waals surface area contributed by atoms with Gasteiger partial charge in [0.05, 0.1) is 0 Å². The van der Waals surface area contributed by atoms with Crippen molar-refractivity contribution < 1.29 is 0 Å². The lowest BCUT2D eigenvalue weighted by molar-refractivity contribution is 0.158. The van der Waals surface area contributed by atoms with Gasteiger partial charge in [-0.05, 0) is 46.7 Å². The maximum Gasteiger partial charge on any atom is 0.0195 e. The number of nitrogens with zero attached hydrogens (tertiary/aromatic N) is 1. The molecule has 0 heterocycles. The van der Waals surface area contributed by atoms with Gasteiger partial charge in [0.15, 0.2) is 0 Å². The fraction of sp³-hybridized carbons (Fsp3) is 1.00. The Morgan fingerprint density at radius 1 is 1.00 bits per heavy atom. The van der Waals surface area contributed by atoms with Crippen LogP contribution in [0.4, 0.5) is 0 Å². The first-order valence-corrected chi connectivity index (χ1v) is 7.09. The first kappa shape index (κ1) is 15.9. The summed E-state index contributed by atoms with van der Waals surface area (Å²) in [6.45, 7) is 15.0. The van der Waals surface area contributed by atoms with Crippen molar-refractivity contribution in [1.82, 2.24) is 10.2 Å². The number of hydrogen-bond donors (Lipinski definition) is 1. The summed E-state index contributed by atoms with van der Waals surface area (Å²) in [5.74, 6) is 0. The minimum atomic E-state index is 0.656. The third kappa shape index (κ3) is 7.24. The van der Waals surface area contributed by atoms with E-state index in [1.807, 2.05) is 0 Å². The van der Waals surface area contributed by atoms with Gasteiger partial charge in [0.1, 0.15) is 0 Å². The molecule has 98 valence electrons. The van der Waals surface area contributed by atoms with Gasteiger partial charge < -0.3 is 5.32 Å². The van der Waals surface area contributed by atoms with Crippen LogP contribution in [-0.4, -0.2) is 36.6 Å². The molecule has 0 aliphatic rings. The molecule has 0 radical (unpaired) electrons. The molecule has 0 saturated heterocycles. The van der Waals surface area contributed by atoms with E-state index >= 15 is 0 Å². The van der Waals surface area contributed by atoms with Crippen LogP contribution in [0.2, 0.25) is 0 Å². The van der Waals surface area contributed by atoms with Gasteiger partial charge in [-0.15, -0.1) is 0 Å². The van der Waals surface area contributed by atoms with Gasteiger partial charge in [-0.25, -0.2) is 0 Å². The van der Waals surface area contributed by atoms with Crippen LogP contribution in [0, 0.1) is 0 Å². The van der Waals surface area contributed by atoms with Crippen molar-refractivity contribution in [3.8, 4) is 0 Å². The van der Waals surface area contributed by atoms with E-state index in [1.165, 1.54) is 32.2 Å². The monoisotopic (exact) mass is 228 g/mol. The molecule has 1 unspecified atom stereocenters. The summed E-state index contributed by atoms with van der Waals surface area (Å²) in [4.78, 5) is 2.62. The molecule has 0 aliphatic carbocycles. The molecule has 16 heavy (non-hydrogen) atoms. The molecule has 0 aliphatic heterocycles. The molecule has 0 spiro atoms. The zero-order chi connectivity index (χ0) is 12.4. The van der Waals surface area contributed by atoms with E-state index in [0.717, 1.165) is 13.1 Å². The topological polar surface area (TPSA) is 15.3 Å². The third-order valence-corrected chi connectivity index (χ3v) is 3.12. The summed E-state index contributed by atoms with van der Waals surface area (Å²) in [7, 11) is 0. The standard InChI is InChI=1S/C14H32N2/c1-6-8-9-11-16(13(3)4)14(5)12-15-10-7-2/h13-15H,6-12H2,1-5H3. The SMILES string of the molecule is CCCCCN(C(C)C)C(C)CNCCC. The fourth-order valence-electron chi connectivity index (χ4n) is 2.14. The molecule has 0 rings (SSSR count). The van der Waals surface area contributed by atoms with Crippen LogP contribution in [0.15, 0.2) is 0 Å². The zero-order valence-electron chi connectivity index (χ0n) is 12.1. The molecule has 2 heteroatoms. The lowest BCUT2D eigenvalue weighted by Crippen LogP contribution is -2.44. The van der Waals surface area contributed by atoms with E-state index in [4.69, 9.17) is 0 Å². The van der Waals surface area contributed by atoms with E-state index in [-0.39, 0.29) is 0 Å². The summed E-state index contributed by atoms with van der Waals surface area (Å²) in [5, 5.41) is 3.52. The van der Waals surface area contributed by atoms with Gasteiger partial charge >= 0.3 is 0 Å². The summed E-state index contributed by atoms with van der Waals surface area (Å²) >= 11 is 0. The largest absolute Gasteiger partial charge is 0.315 e. The second-order valence-corrected chi connectivity index (χ2v) is 5.09. The third-order valence-electron chi connectivity index (χ3n) is 3.12. The summed E-state index contributed by atoms with van der Waals surface area (Å²) in [6, 6.07) is 1.32. The molecule has 2 nitrogen and oxygen atoms in total. The minimum absolute atomic E-state index is 0.656. The van der Waals surface area contributed by atoms with Gasteiger partial charge in [0.25, 0.3) is 0 Å². The summed E-state index contributed by atoms with van der Waals surface area (Å²) in [6.07, 6.45) is 5.24. The van der Waals surface area contributed by atoms with Crippen LogP contribution in [0.25, 0.3) is 0 Å². The van der Waals surface area contributed by atoms with E-state index in [0.29, 0.717) is 12.1 Å². The lowest BCUT2D eigenvalue weighted by atomic mass is 10.1. The molecule has 0 aromatic carbocycles. The van der Waals surface area contributed by atoms with Gasteiger partial charge in [-0.1, -0.05) is 26.7 Å². The molecular formula is C14H32N2. The molecule has 0 aromatic heterocycles. The predicted octanol–water partition coefficient (Wildman–Crippen LogP) is 3.28. The van der Waals surface area contributed by atoms with Crippen molar-refractivity contribution in [2.24, 2.45) is 0 Å². The van der Waals surface area contributed by atoms with Gasteiger partial charge in [0.2, 0.25) is 0 Å². The highest BCUT2D eigenvalue weighted by molar-refractivity contribution is 4.72. The molecule has 1 atom stereocenters. The minimum Gasteiger partial charge on any atom is -0.315 e. The van der Waals surface area contributed by atoms with Crippen LogP contribution < -0.4 is 5.32 Å². The smallest absolute Gasteiger partial charge is 0.0195 e. The predicted molar refractivity (Wildman–Crippen MR) is 74.0 cm³/mol. The van der Waals surface area contributed by atoms with Crippen molar-refractivity contribution >= 4 is 0 Å². The Morgan fingerprint density at radius 3 is 2.19 bits per heavy atom. The molecular weight excluding hydrogens is 196 g/mol. The van der Waals surface area contributed by atoms with Crippen LogP contribution in [0.3, 0.4) is 0 Å². The van der Waals surface area contributed by atoms with Crippen molar-refractivity contribution in [1.29, 1.82) is 0 Å². The molecule has 0 saturated carbocycles.